The Kier molecular flexibility index (Phi) is 8.86. The number of fused-ring (bicyclic) bond motifs is 1. The molecule has 4 rings (SSSR count). The minimum absolute atomic E-state index is 0.0753. The molecule has 1 unspecified atom stereocenters. The van der Waals surface area contributed by atoms with Gasteiger partial charge in [0.2, 0.25) is 0 Å². The number of esters is 1. The number of aliphatic hydroxyl groups excluding tert-OH is 1. The predicted molar refractivity (Wildman–Crippen MR) is 146 cm³/mol. The maximum atomic E-state index is 12.3. The van der Waals surface area contributed by atoms with Gasteiger partial charge < -0.3 is 23.9 Å². The lowest BCUT2D eigenvalue weighted by Crippen LogP contribution is -2.20. The minimum atomic E-state index is -0.825. The summed E-state index contributed by atoms with van der Waals surface area (Å²) in [5.74, 6) is 1.17. The molecule has 0 saturated carbocycles. The minimum Gasteiger partial charge on any atom is -0.496 e. The first-order chi connectivity index (χ1) is 18.0. The highest BCUT2D eigenvalue weighted by atomic mass is 16.5. The Morgan fingerprint density at radius 2 is 1.65 bits per heavy atom. The molecule has 6 nitrogen and oxygen atoms in total. The van der Waals surface area contributed by atoms with E-state index in [1.807, 2.05) is 24.3 Å². The topological polar surface area (TPSA) is 69.9 Å². The zero-order valence-corrected chi connectivity index (χ0v) is 21.8. The Hall–Kier alpha value is -3.77. The molecule has 0 radical (unpaired) electrons. The van der Waals surface area contributed by atoms with E-state index >= 15 is 0 Å². The molecule has 4 aromatic rings. The highest BCUT2D eigenvalue weighted by Crippen LogP contribution is 2.34. The van der Waals surface area contributed by atoms with Crippen LogP contribution in [0.4, 0.5) is 0 Å². The number of benzene rings is 3. The van der Waals surface area contributed by atoms with Gasteiger partial charge in [-0.2, -0.15) is 0 Å². The standard InChI is InChI=1S/C31H35NO5/c1-4-5-11-22-16-29(35-2)27(30(17-22)36-3)20-32-19-24(26-14-9-10-15-28(26)32)18-25(33)21-37-31(34)23-12-7-6-8-13-23/h6-10,12-17,19,25,33H,4-5,11,18,20-21H2,1-3H3. The first-order valence-electron chi connectivity index (χ1n) is 12.7. The van der Waals surface area contributed by atoms with E-state index in [0.717, 1.165) is 52.8 Å². The van der Waals surface area contributed by atoms with Crippen LogP contribution in [0.2, 0.25) is 0 Å². The van der Waals surface area contributed by atoms with Gasteiger partial charge in [-0.05, 0) is 54.3 Å². The fourth-order valence-electron chi connectivity index (χ4n) is 4.65. The van der Waals surface area contributed by atoms with Gasteiger partial charge in [0.15, 0.2) is 0 Å². The second-order valence-electron chi connectivity index (χ2n) is 9.20. The molecule has 3 aromatic carbocycles. The average Bonchev–Trinajstić information content (AvgIpc) is 3.28. The molecule has 6 heteroatoms. The van der Waals surface area contributed by atoms with Gasteiger partial charge in [0, 0.05) is 23.5 Å². The summed E-state index contributed by atoms with van der Waals surface area (Å²) in [4.78, 5) is 12.3. The van der Waals surface area contributed by atoms with Crippen molar-refractivity contribution in [1.82, 2.24) is 4.57 Å². The van der Waals surface area contributed by atoms with Crippen molar-refractivity contribution in [1.29, 1.82) is 0 Å². The van der Waals surface area contributed by atoms with Crippen molar-refractivity contribution < 1.29 is 24.1 Å². The fourth-order valence-corrected chi connectivity index (χ4v) is 4.65. The summed E-state index contributed by atoms with van der Waals surface area (Å²) < 4.78 is 19.0. The van der Waals surface area contributed by atoms with Gasteiger partial charge in [-0.3, -0.25) is 0 Å². The zero-order chi connectivity index (χ0) is 26.2. The molecular weight excluding hydrogens is 466 g/mol. The highest BCUT2D eigenvalue weighted by Gasteiger charge is 2.18. The molecule has 37 heavy (non-hydrogen) atoms. The molecule has 0 spiro atoms. The van der Waals surface area contributed by atoms with Crippen LogP contribution >= 0.6 is 0 Å². The van der Waals surface area contributed by atoms with Gasteiger partial charge in [-0.15, -0.1) is 0 Å². The first kappa shape index (κ1) is 26.3. The summed E-state index contributed by atoms with van der Waals surface area (Å²) >= 11 is 0. The first-order valence-corrected chi connectivity index (χ1v) is 12.7. The summed E-state index contributed by atoms with van der Waals surface area (Å²) in [6.07, 6.45) is 4.81. The van der Waals surface area contributed by atoms with Gasteiger partial charge in [0.1, 0.15) is 18.1 Å². The van der Waals surface area contributed by atoms with Gasteiger partial charge in [0.05, 0.1) is 38.0 Å². The van der Waals surface area contributed by atoms with Crippen LogP contribution in [0.25, 0.3) is 10.9 Å². The number of methoxy groups -OCH3 is 2. The third-order valence-electron chi connectivity index (χ3n) is 6.56. The van der Waals surface area contributed by atoms with Crippen molar-refractivity contribution in [3.63, 3.8) is 0 Å². The Balaban J connectivity index is 1.55. The summed E-state index contributed by atoms with van der Waals surface area (Å²) in [6.45, 7) is 2.66. The fraction of sp³-hybridized carbons (Fsp3) is 0.323. The number of aromatic nitrogens is 1. The molecule has 1 aromatic heterocycles. The molecule has 194 valence electrons. The largest absolute Gasteiger partial charge is 0.496 e. The maximum Gasteiger partial charge on any atom is 0.338 e. The number of aryl methyl sites for hydroxylation is 1. The van der Waals surface area contributed by atoms with Crippen molar-refractivity contribution in [2.75, 3.05) is 20.8 Å². The van der Waals surface area contributed by atoms with Gasteiger partial charge in [-0.25, -0.2) is 4.79 Å². The zero-order valence-electron chi connectivity index (χ0n) is 21.8. The van der Waals surface area contributed by atoms with Crippen molar-refractivity contribution in [2.45, 2.75) is 45.3 Å². The Bertz CT molecular complexity index is 1300. The van der Waals surface area contributed by atoms with E-state index in [1.165, 1.54) is 5.56 Å². The smallest absolute Gasteiger partial charge is 0.338 e. The molecule has 1 atom stereocenters. The predicted octanol–water partition coefficient (Wildman–Crippen LogP) is 5.81. The molecule has 0 saturated heterocycles. The summed E-state index contributed by atoms with van der Waals surface area (Å²) in [6, 6.07) is 21.1. The van der Waals surface area contributed by atoms with Crippen LogP contribution in [0.3, 0.4) is 0 Å². The number of para-hydroxylation sites is 1. The lowest BCUT2D eigenvalue weighted by atomic mass is 10.0. The van der Waals surface area contributed by atoms with Crippen LogP contribution in [0.1, 0.15) is 46.8 Å². The van der Waals surface area contributed by atoms with E-state index in [9.17, 15) is 9.90 Å². The number of unbranched alkanes of at least 4 members (excludes halogenated alkanes) is 1. The van der Waals surface area contributed by atoms with Crippen molar-refractivity contribution >= 4 is 16.9 Å². The molecule has 0 aliphatic heterocycles. The summed E-state index contributed by atoms with van der Waals surface area (Å²) in [5.41, 5.74) is 4.66. The normalized spacial score (nSPS) is 11.9. The highest BCUT2D eigenvalue weighted by molar-refractivity contribution is 5.89. The third-order valence-corrected chi connectivity index (χ3v) is 6.56. The Morgan fingerprint density at radius 3 is 2.32 bits per heavy atom. The molecule has 1 N–H and O–H groups in total. The molecule has 0 aliphatic carbocycles. The number of hydrogen-bond acceptors (Lipinski definition) is 5. The Morgan fingerprint density at radius 1 is 0.973 bits per heavy atom. The van der Waals surface area contributed by atoms with E-state index < -0.39 is 12.1 Å². The van der Waals surface area contributed by atoms with E-state index in [4.69, 9.17) is 14.2 Å². The number of rotatable bonds is 12. The maximum absolute atomic E-state index is 12.3. The van der Waals surface area contributed by atoms with E-state index in [1.54, 1.807) is 38.5 Å². The van der Waals surface area contributed by atoms with Crippen molar-refractivity contribution in [3.05, 3.63) is 95.2 Å². The lowest BCUT2D eigenvalue weighted by Gasteiger charge is -2.17. The second kappa shape index (κ2) is 12.5. The quantitative estimate of drug-likeness (QED) is 0.248. The molecular formula is C31H35NO5. The Labute approximate surface area is 218 Å². The molecule has 0 aliphatic rings. The summed E-state index contributed by atoms with van der Waals surface area (Å²) in [7, 11) is 3.38. The summed E-state index contributed by atoms with van der Waals surface area (Å²) in [5, 5.41) is 11.7. The molecule has 0 bridgehead atoms. The van der Waals surface area contributed by atoms with Crippen molar-refractivity contribution in [2.24, 2.45) is 0 Å². The SMILES string of the molecule is CCCCc1cc(OC)c(Cn2cc(CC(O)COC(=O)c3ccccc3)c3ccccc32)c(OC)c1. The monoisotopic (exact) mass is 501 g/mol. The second-order valence-corrected chi connectivity index (χ2v) is 9.20. The van der Waals surface area contributed by atoms with E-state index in [2.05, 4.69) is 35.9 Å². The number of carbonyl (C=O) groups excluding carboxylic acids is 1. The van der Waals surface area contributed by atoms with Crippen molar-refractivity contribution in [3.8, 4) is 11.5 Å². The molecule has 0 amide bonds. The molecule has 0 fully saturated rings. The van der Waals surface area contributed by atoms with E-state index in [-0.39, 0.29) is 6.61 Å². The number of carbonyl (C=O) groups is 1. The number of ether oxygens (including phenoxy) is 3. The molecule has 1 heterocycles. The van der Waals surface area contributed by atoms with Crippen LogP contribution in [0.15, 0.2) is 72.9 Å². The van der Waals surface area contributed by atoms with Crippen LogP contribution < -0.4 is 9.47 Å². The average molecular weight is 502 g/mol. The van der Waals surface area contributed by atoms with Crippen LogP contribution in [-0.4, -0.2) is 42.6 Å². The number of aliphatic hydroxyl groups is 1. The number of hydrogen-bond donors (Lipinski definition) is 1. The van der Waals surface area contributed by atoms with E-state index in [0.29, 0.717) is 18.5 Å². The van der Waals surface area contributed by atoms with Gasteiger partial charge in [-0.1, -0.05) is 49.7 Å². The van der Waals surface area contributed by atoms with Crippen LogP contribution in [0.5, 0.6) is 11.5 Å². The van der Waals surface area contributed by atoms with Crippen LogP contribution in [-0.2, 0) is 24.1 Å². The third kappa shape index (κ3) is 6.33. The van der Waals surface area contributed by atoms with Crippen LogP contribution in [0, 0.1) is 0 Å². The number of nitrogens with zero attached hydrogens (tertiary/aromatic N) is 1. The lowest BCUT2D eigenvalue weighted by molar-refractivity contribution is 0.0259. The van der Waals surface area contributed by atoms with Gasteiger partial charge >= 0.3 is 5.97 Å². The van der Waals surface area contributed by atoms with Gasteiger partial charge in [0.25, 0.3) is 0 Å².